The molecule has 208 valence electrons. The van der Waals surface area contributed by atoms with Crippen LogP contribution in [0.2, 0.25) is 0 Å². The third-order valence-corrected chi connectivity index (χ3v) is 7.45. The fourth-order valence-electron chi connectivity index (χ4n) is 5.42. The van der Waals surface area contributed by atoms with E-state index >= 15 is 0 Å². The summed E-state index contributed by atoms with van der Waals surface area (Å²) in [5.41, 5.74) is 9.36. The van der Waals surface area contributed by atoms with Crippen molar-refractivity contribution < 1.29 is 18.7 Å². The number of aryl methyl sites for hydroxylation is 1. The molecule has 7 nitrogen and oxygen atoms in total. The summed E-state index contributed by atoms with van der Waals surface area (Å²) in [4.78, 5) is 27.9. The van der Waals surface area contributed by atoms with Gasteiger partial charge in [0.25, 0.3) is 0 Å². The first-order chi connectivity index (χ1) is 19.8. The van der Waals surface area contributed by atoms with E-state index in [1.54, 1.807) is 12.1 Å². The standard InChI is InChI=1S/C33H31FN4O3/c1-20-14-26-7-6-25(17-30(26)35-20)24-8-11-31-27(16-24)18-38(12-13-40-31)33-29(15-23-4-9-28(34)10-5-23)21(2)36-32(37-33)19-41-22(3)39/h4-11,16-17H,12-15,18-19H2,1-3H3. The molecule has 0 fully saturated rings. The Kier molecular flexibility index (Phi) is 7.22. The van der Waals surface area contributed by atoms with E-state index in [4.69, 9.17) is 19.5 Å². The number of hydrogen-bond acceptors (Lipinski definition) is 7. The lowest BCUT2D eigenvalue weighted by Crippen LogP contribution is -2.28. The van der Waals surface area contributed by atoms with Crippen molar-refractivity contribution in [3.63, 3.8) is 0 Å². The minimum absolute atomic E-state index is 0.00857. The highest BCUT2D eigenvalue weighted by molar-refractivity contribution is 5.93. The van der Waals surface area contributed by atoms with Crippen LogP contribution in [0.25, 0.3) is 11.1 Å². The molecule has 0 unspecified atom stereocenters. The van der Waals surface area contributed by atoms with Gasteiger partial charge in [-0.05, 0) is 66.4 Å². The lowest BCUT2D eigenvalue weighted by Gasteiger charge is -2.25. The second-order valence-corrected chi connectivity index (χ2v) is 10.6. The first-order valence-electron chi connectivity index (χ1n) is 13.7. The highest BCUT2D eigenvalue weighted by Gasteiger charge is 2.23. The van der Waals surface area contributed by atoms with Crippen LogP contribution in [0.3, 0.4) is 0 Å². The van der Waals surface area contributed by atoms with E-state index in [1.807, 2.05) is 13.0 Å². The van der Waals surface area contributed by atoms with E-state index in [9.17, 15) is 9.18 Å². The molecule has 0 aliphatic carbocycles. The minimum Gasteiger partial charge on any atom is -0.491 e. The second-order valence-electron chi connectivity index (χ2n) is 10.6. The topological polar surface area (TPSA) is 76.9 Å². The average molecular weight is 551 g/mol. The van der Waals surface area contributed by atoms with Crippen LogP contribution in [0.15, 0.2) is 65.7 Å². The number of aliphatic imine (C=N–C) groups is 1. The summed E-state index contributed by atoms with van der Waals surface area (Å²) < 4.78 is 25.0. The van der Waals surface area contributed by atoms with Gasteiger partial charge in [-0.3, -0.25) is 9.79 Å². The lowest BCUT2D eigenvalue weighted by molar-refractivity contribution is -0.142. The number of fused-ring (bicyclic) bond motifs is 2. The maximum atomic E-state index is 13.6. The first-order valence-corrected chi connectivity index (χ1v) is 13.7. The smallest absolute Gasteiger partial charge is 0.303 e. The van der Waals surface area contributed by atoms with Crippen molar-refractivity contribution in [2.45, 2.75) is 46.8 Å². The van der Waals surface area contributed by atoms with E-state index in [1.165, 1.54) is 24.6 Å². The number of halogens is 1. The SMILES string of the molecule is CC(=O)OCc1nc(C)c(Cc2ccc(F)cc2)c(N2CCOc3ccc(-c4ccc5c(c4)N=C(C)C5)cc3C2)n1. The van der Waals surface area contributed by atoms with Gasteiger partial charge in [-0.2, -0.15) is 0 Å². The molecule has 3 aromatic carbocycles. The Morgan fingerprint density at radius 2 is 1.78 bits per heavy atom. The molecule has 0 radical (unpaired) electrons. The van der Waals surface area contributed by atoms with Gasteiger partial charge in [0.05, 0.1) is 12.2 Å². The highest BCUT2D eigenvalue weighted by Crippen LogP contribution is 2.36. The van der Waals surface area contributed by atoms with Gasteiger partial charge in [0.15, 0.2) is 12.4 Å². The van der Waals surface area contributed by atoms with Gasteiger partial charge >= 0.3 is 5.97 Å². The van der Waals surface area contributed by atoms with E-state index in [0.717, 1.165) is 62.9 Å². The summed E-state index contributed by atoms with van der Waals surface area (Å²) in [6.45, 7) is 7.02. The molecule has 4 aromatic rings. The van der Waals surface area contributed by atoms with Crippen molar-refractivity contribution in [1.82, 2.24) is 9.97 Å². The zero-order valence-electron chi connectivity index (χ0n) is 23.4. The van der Waals surface area contributed by atoms with Crippen molar-refractivity contribution >= 4 is 23.2 Å². The molecule has 0 spiro atoms. The van der Waals surface area contributed by atoms with Gasteiger partial charge in [0, 0.05) is 48.8 Å². The highest BCUT2D eigenvalue weighted by atomic mass is 19.1. The van der Waals surface area contributed by atoms with Crippen molar-refractivity contribution in [3.05, 3.63) is 100 Å². The van der Waals surface area contributed by atoms with Gasteiger partial charge in [-0.15, -0.1) is 0 Å². The van der Waals surface area contributed by atoms with Crippen LogP contribution < -0.4 is 9.64 Å². The van der Waals surface area contributed by atoms with Crippen LogP contribution >= 0.6 is 0 Å². The zero-order chi connectivity index (χ0) is 28.5. The summed E-state index contributed by atoms with van der Waals surface area (Å²) in [5, 5.41) is 0. The predicted molar refractivity (Wildman–Crippen MR) is 156 cm³/mol. The average Bonchev–Trinajstić information content (AvgIpc) is 3.19. The number of anilines is 1. The van der Waals surface area contributed by atoms with Crippen LogP contribution in [0, 0.1) is 12.7 Å². The Hall–Kier alpha value is -4.59. The Morgan fingerprint density at radius 3 is 2.59 bits per heavy atom. The van der Waals surface area contributed by atoms with Crippen LogP contribution in [-0.2, 0) is 35.5 Å². The van der Waals surface area contributed by atoms with E-state index < -0.39 is 0 Å². The van der Waals surface area contributed by atoms with Crippen molar-refractivity contribution in [2.24, 2.45) is 4.99 Å². The summed E-state index contributed by atoms with van der Waals surface area (Å²) in [6.07, 6.45) is 1.44. The molecule has 8 heteroatoms. The lowest BCUT2D eigenvalue weighted by atomic mass is 9.99. The Balaban J connectivity index is 1.36. The number of nitrogens with zero attached hydrogens (tertiary/aromatic N) is 4. The van der Waals surface area contributed by atoms with Crippen LogP contribution in [0.5, 0.6) is 5.75 Å². The number of ether oxygens (including phenoxy) is 2. The van der Waals surface area contributed by atoms with Gasteiger partial charge < -0.3 is 14.4 Å². The maximum Gasteiger partial charge on any atom is 0.303 e. The summed E-state index contributed by atoms with van der Waals surface area (Å²) >= 11 is 0. The van der Waals surface area contributed by atoms with Gasteiger partial charge in [-0.25, -0.2) is 14.4 Å². The number of carbonyl (C=O) groups excluding carboxylic acids is 1. The Labute approximate surface area is 238 Å². The van der Waals surface area contributed by atoms with Crippen molar-refractivity contribution in [3.8, 4) is 16.9 Å². The van der Waals surface area contributed by atoms with Gasteiger partial charge in [-0.1, -0.05) is 30.3 Å². The third kappa shape index (κ3) is 5.82. The molecular formula is C33H31FN4O3. The summed E-state index contributed by atoms with van der Waals surface area (Å²) in [5.74, 6) is 1.37. The van der Waals surface area contributed by atoms with Gasteiger partial charge in [0.2, 0.25) is 0 Å². The summed E-state index contributed by atoms with van der Waals surface area (Å²) in [7, 11) is 0. The molecule has 2 aliphatic heterocycles. The van der Waals surface area contributed by atoms with Crippen LogP contribution in [0.1, 0.15) is 47.6 Å². The predicted octanol–water partition coefficient (Wildman–Crippen LogP) is 6.29. The molecule has 3 heterocycles. The second kappa shape index (κ2) is 11.1. The quantitative estimate of drug-likeness (QED) is 0.263. The Morgan fingerprint density at radius 1 is 1.00 bits per heavy atom. The number of carbonyl (C=O) groups is 1. The van der Waals surface area contributed by atoms with E-state index in [0.29, 0.717) is 31.9 Å². The molecular weight excluding hydrogens is 519 g/mol. The number of hydrogen-bond donors (Lipinski definition) is 0. The Bertz CT molecular complexity index is 1670. The molecule has 0 N–H and O–H groups in total. The molecule has 2 aliphatic rings. The number of benzene rings is 3. The molecule has 1 aromatic heterocycles. The normalized spacial score (nSPS) is 14.0. The fourth-order valence-corrected chi connectivity index (χ4v) is 5.42. The number of esters is 1. The number of rotatable bonds is 6. The van der Waals surface area contributed by atoms with Crippen LogP contribution in [-0.4, -0.2) is 34.8 Å². The monoisotopic (exact) mass is 550 g/mol. The molecule has 0 amide bonds. The third-order valence-electron chi connectivity index (χ3n) is 7.45. The molecule has 41 heavy (non-hydrogen) atoms. The first kappa shape index (κ1) is 26.6. The number of aromatic nitrogens is 2. The van der Waals surface area contributed by atoms with Crippen molar-refractivity contribution in [2.75, 3.05) is 18.1 Å². The molecule has 0 bridgehead atoms. The molecule has 0 saturated carbocycles. The van der Waals surface area contributed by atoms with Crippen molar-refractivity contribution in [1.29, 1.82) is 0 Å². The largest absolute Gasteiger partial charge is 0.491 e. The molecule has 0 saturated heterocycles. The van der Waals surface area contributed by atoms with Gasteiger partial charge in [0.1, 0.15) is 24.0 Å². The molecule has 6 rings (SSSR count). The minimum atomic E-state index is -0.389. The fraction of sp³-hybridized carbons (Fsp3) is 0.273. The zero-order valence-corrected chi connectivity index (χ0v) is 23.4. The van der Waals surface area contributed by atoms with Crippen LogP contribution in [0.4, 0.5) is 15.9 Å². The van der Waals surface area contributed by atoms with E-state index in [-0.39, 0.29) is 18.4 Å². The summed E-state index contributed by atoms with van der Waals surface area (Å²) in [6, 6.07) is 19.2. The maximum absolute atomic E-state index is 13.6. The van der Waals surface area contributed by atoms with E-state index in [2.05, 4.69) is 47.1 Å². The molecule has 0 atom stereocenters.